The SMILES string of the molecule is COC(=O)N1CCCC1C(=O)Nc1ccc(NC(C)=O)cc1Cl. The molecule has 0 radical (unpaired) electrons. The molecule has 1 atom stereocenters. The third-order valence-corrected chi connectivity index (χ3v) is 3.82. The summed E-state index contributed by atoms with van der Waals surface area (Å²) in [6, 6.07) is 4.21. The zero-order valence-corrected chi connectivity index (χ0v) is 13.6. The number of carbonyl (C=O) groups excluding carboxylic acids is 3. The maximum atomic E-state index is 12.4. The highest BCUT2D eigenvalue weighted by Gasteiger charge is 2.34. The summed E-state index contributed by atoms with van der Waals surface area (Å²) in [7, 11) is 1.28. The second-order valence-corrected chi connectivity index (χ2v) is 5.59. The van der Waals surface area contributed by atoms with E-state index in [1.165, 1.54) is 18.9 Å². The van der Waals surface area contributed by atoms with Gasteiger partial charge in [-0.05, 0) is 31.0 Å². The number of halogens is 1. The molecular weight excluding hydrogens is 322 g/mol. The molecule has 7 nitrogen and oxygen atoms in total. The number of nitrogens with zero attached hydrogens (tertiary/aromatic N) is 1. The molecule has 1 aromatic rings. The van der Waals surface area contributed by atoms with Gasteiger partial charge < -0.3 is 15.4 Å². The van der Waals surface area contributed by atoms with Crippen molar-refractivity contribution in [2.45, 2.75) is 25.8 Å². The van der Waals surface area contributed by atoms with Crippen molar-refractivity contribution in [3.63, 3.8) is 0 Å². The van der Waals surface area contributed by atoms with Gasteiger partial charge in [-0.3, -0.25) is 14.5 Å². The predicted octanol–water partition coefficient (Wildman–Crippen LogP) is 2.47. The molecule has 1 saturated heterocycles. The predicted molar refractivity (Wildman–Crippen MR) is 86.5 cm³/mol. The van der Waals surface area contributed by atoms with Crippen LogP contribution in [-0.4, -0.2) is 42.5 Å². The highest BCUT2D eigenvalue weighted by atomic mass is 35.5. The Balaban J connectivity index is 2.08. The summed E-state index contributed by atoms with van der Waals surface area (Å²) >= 11 is 6.12. The third kappa shape index (κ3) is 4.13. The average molecular weight is 340 g/mol. The maximum Gasteiger partial charge on any atom is 0.410 e. The van der Waals surface area contributed by atoms with Gasteiger partial charge in [0.25, 0.3) is 0 Å². The van der Waals surface area contributed by atoms with Crippen molar-refractivity contribution in [1.29, 1.82) is 0 Å². The van der Waals surface area contributed by atoms with Gasteiger partial charge >= 0.3 is 6.09 Å². The van der Waals surface area contributed by atoms with Crippen molar-refractivity contribution in [2.75, 3.05) is 24.3 Å². The van der Waals surface area contributed by atoms with Crippen LogP contribution in [0.4, 0.5) is 16.2 Å². The van der Waals surface area contributed by atoms with E-state index < -0.39 is 12.1 Å². The van der Waals surface area contributed by atoms with Crippen LogP contribution in [0.15, 0.2) is 18.2 Å². The minimum atomic E-state index is -0.575. The number of anilines is 2. The fraction of sp³-hybridized carbons (Fsp3) is 0.400. The van der Waals surface area contributed by atoms with E-state index in [9.17, 15) is 14.4 Å². The summed E-state index contributed by atoms with van der Waals surface area (Å²) in [5.74, 6) is -0.528. The summed E-state index contributed by atoms with van der Waals surface area (Å²) in [6.07, 6.45) is 0.792. The molecule has 0 aromatic heterocycles. The summed E-state index contributed by atoms with van der Waals surface area (Å²) in [5.41, 5.74) is 0.958. The molecule has 1 fully saturated rings. The Morgan fingerprint density at radius 1 is 1.30 bits per heavy atom. The van der Waals surface area contributed by atoms with Gasteiger partial charge in [0.1, 0.15) is 6.04 Å². The van der Waals surface area contributed by atoms with Gasteiger partial charge in [-0.1, -0.05) is 11.6 Å². The summed E-state index contributed by atoms with van der Waals surface area (Å²) in [6.45, 7) is 1.88. The van der Waals surface area contributed by atoms with Crippen LogP contribution in [0.3, 0.4) is 0 Å². The number of likely N-dealkylation sites (tertiary alicyclic amines) is 1. The first-order chi connectivity index (χ1) is 10.9. The first-order valence-corrected chi connectivity index (χ1v) is 7.52. The molecule has 1 aliphatic rings. The van der Waals surface area contributed by atoms with E-state index in [0.717, 1.165) is 6.42 Å². The number of rotatable bonds is 3. The average Bonchev–Trinajstić information content (AvgIpc) is 2.98. The lowest BCUT2D eigenvalue weighted by Gasteiger charge is -2.22. The zero-order chi connectivity index (χ0) is 17.0. The second kappa shape index (κ2) is 7.32. The highest BCUT2D eigenvalue weighted by Crippen LogP contribution is 2.27. The highest BCUT2D eigenvalue weighted by molar-refractivity contribution is 6.34. The number of nitrogens with one attached hydrogen (secondary N) is 2. The first-order valence-electron chi connectivity index (χ1n) is 7.15. The van der Waals surface area contributed by atoms with Crippen LogP contribution in [0, 0.1) is 0 Å². The normalized spacial score (nSPS) is 16.8. The Hall–Kier alpha value is -2.28. The Labute approximate surface area is 138 Å². The Kier molecular flexibility index (Phi) is 5.44. The molecule has 0 aliphatic carbocycles. The van der Waals surface area contributed by atoms with E-state index in [1.807, 2.05) is 0 Å². The largest absolute Gasteiger partial charge is 0.453 e. The molecule has 0 spiro atoms. The number of carbonyl (C=O) groups is 3. The van der Waals surface area contributed by atoms with Crippen molar-refractivity contribution in [2.24, 2.45) is 0 Å². The third-order valence-electron chi connectivity index (χ3n) is 3.51. The van der Waals surface area contributed by atoms with Crippen LogP contribution < -0.4 is 10.6 Å². The molecule has 23 heavy (non-hydrogen) atoms. The van der Waals surface area contributed by atoms with Gasteiger partial charge in [-0.25, -0.2) is 4.79 Å². The van der Waals surface area contributed by atoms with Gasteiger partial charge in [-0.15, -0.1) is 0 Å². The lowest BCUT2D eigenvalue weighted by Crippen LogP contribution is -2.43. The molecule has 2 rings (SSSR count). The van der Waals surface area contributed by atoms with Crippen molar-refractivity contribution < 1.29 is 19.1 Å². The molecule has 1 unspecified atom stereocenters. The fourth-order valence-corrected chi connectivity index (χ4v) is 2.72. The molecule has 1 aromatic carbocycles. The Morgan fingerprint density at radius 3 is 2.65 bits per heavy atom. The van der Waals surface area contributed by atoms with Crippen LogP contribution in [-0.2, 0) is 14.3 Å². The standard InChI is InChI=1S/C15H18ClN3O4/c1-9(20)17-10-5-6-12(11(16)8-10)18-14(21)13-4-3-7-19(13)15(22)23-2/h5-6,8,13H,3-4,7H2,1-2H3,(H,17,20)(H,18,21). The first kappa shape index (κ1) is 17.1. The molecule has 1 aliphatic heterocycles. The van der Waals surface area contributed by atoms with Crippen LogP contribution in [0.2, 0.25) is 5.02 Å². The number of amides is 3. The van der Waals surface area contributed by atoms with Crippen LogP contribution >= 0.6 is 11.6 Å². The topological polar surface area (TPSA) is 87.7 Å². The molecule has 8 heteroatoms. The molecule has 0 saturated carbocycles. The van der Waals surface area contributed by atoms with Crippen LogP contribution in [0.1, 0.15) is 19.8 Å². The number of hydrogen-bond acceptors (Lipinski definition) is 4. The van der Waals surface area contributed by atoms with E-state index in [-0.39, 0.29) is 11.8 Å². The summed E-state index contributed by atoms with van der Waals surface area (Å²) < 4.78 is 4.68. The van der Waals surface area contributed by atoms with Crippen LogP contribution in [0.25, 0.3) is 0 Å². The lowest BCUT2D eigenvalue weighted by atomic mass is 10.2. The van der Waals surface area contributed by atoms with E-state index in [0.29, 0.717) is 29.4 Å². The van der Waals surface area contributed by atoms with Crippen LogP contribution in [0.5, 0.6) is 0 Å². The number of methoxy groups -OCH3 is 1. The van der Waals surface area contributed by atoms with Gasteiger partial charge in [0.15, 0.2) is 0 Å². The maximum absolute atomic E-state index is 12.4. The Bertz CT molecular complexity index is 635. The summed E-state index contributed by atoms with van der Waals surface area (Å²) in [5, 5.41) is 5.61. The molecule has 2 N–H and O–H groups in total. The van der Waals surface area contributed by atoms with Gasteiger partial charge in [-0.2, -0.15) is 0 Å². The Morgan fingerprint density at radius 2 is 2.04 bits per heavy atom. The molecular formula is C15H18ClN3O4. The number of hydrogen-bond donors (Lipinski definition) is 2. The molecule has 0 bridgehead atoms. The number of ether oxygens (including phenoxy) is 1. The summed E-state index contributed by atoms with van der Waals surface area (Å²) in [4.78, 5) is 36.4. The minimum Gasteiger partial charge on any atom is -0.453 e. The van der Waals surface area contributed by atoms with E-state index >= 15 is 0 Å². The van der Waals surface area contributed by atoms with Gasteiger partial charge in [0.2, 0.25) is 11.8 Å². The molecule has 1 heterocycles. The van der Waals surface area contributed by atoms with E-state index in [1.54, 1.807) is 18.2 Å². The lowest BCUT2D eigenvalue weighted by molar-refractivity contribution is -0.120. The monoisotopic (exact) mass is 339 g/mol. The smallest absolute Gasteiger partial charge is 0.410 e. The van der Waals surface area contributed by atoms with Gasteiger partial charge in [0.05, 0.1) is 17.8 Å². The minimum absolute atomic E-state index is 0.211. The van der Waals surface area contributed by atoms with Crippen molar-refractivity contribution in [1.82, 2.24) is 4.90 Å². The van der Waals surface area contributed by atoms with Crippen molar-refractivity contribution in [3.8, 4) is 0 Å². The second-order valence-electron chi connectivity index (χ2n) is 5.19. The van der Waals surface area contributed by atoms with Crippen molar-refractivity contribution in [3.05, 3.63) is 23.2 Å². The molecule has 124 valence electrons. The zero-order valence-electron chi connectivity index (χ0n) is 12.9. The fourth-order valence-electron chi connectivity index (χ4n) is 2.49. The van der Waals surface area contributed by atoms with E-state index in [2.05, 4.69) is 15.4 Å². The quantitative estimate of drug-likeness (QED) is 0.885. The number of benzene rings is 1. The van der Waals surface area contributed by atoms with E-state index in [4.69, 9.17) is 11.6 Å². The van der Waals surface area contributed by atoms with Gasteiger partial charge in [0, 0.05) is 19.2 Å². The molecule has 3 amide bonds. The van der Waals surface area contributed by atoms with Crippen molar-refractivity contribution >= 4 is 40.9 Å².